The number of aromatic nitrogens is 2. The molecule has 0 aliphatic carbocycles. The number of sulfonamides is 1. The van der Waals surface area contributed by atoms with Crippen LogP contribution in [0.15, 0.2) is 82.7 Å². The van der Waals surface area contributed by atoms with E-state index in [0.29, 0.717) is 16.8 Å². The molecule has 0 aliphatic rings. The molecule has 0 bridgehead atoms. The highest BCUT2D eigenvalue weighted by atomic mass is 32.2. The molecule has 4 rings (SSSR count). The van der Waals surface area contributed by atoms with Crippen molar-refractivity contribution < 1.29 is 13.2 Å². The van der Waals surface area contributed by atoms with Gasteiger partial charge in [-0.25, -0.2) is 8.42 Å². The van der Waals surface area contributed by atoms with Crippen molar-refractivity contribution in [3.63, 3.8) is 0 Å². The van der Waals surface area contributed by atoms with Gasteiger partial charge in [0.25, 0.3) is 5.56 Å². The Morgan fingerprint density at radius 1 is 1.03 bits per heavy atom. The van der Waals surface area contributed by atoms with Crippen molar-refractivity contribution >= 4 is 20.9 Å². The van der Waals surface area contributed by atoms with Gasteiger partial charge in [0, 0.05) is 41.9 Å². The molecular formula is C24H23N3O4S. The average Bonchev–Trinajstić information content (AvgIpc) is 2.79. The number of fused-ring (bicyclic) bond motifs is 1. The number of pyridine rings is 2. The molecule has 0 fully saturated rings. The fourth-order valence-electron chi connectivity index (χ4n) is 3.44. The molecule has 2 aromatic heterocycles. The zero-order chi connectivity index (χ0) is 22.7. The third-order valence-corrected chi connectivity index (χ3v) is 7.02. The lowest BCUT2D eigenvalue weighted by Crippen LogP contribution is -2.32. The molecule has 1 N–H and O–H groups in total. The van der Waals surface area contributed by atoms with Gasteiger partial charge in [0.1, 0.15) is 5.75 Å². The first kappa shape index (κ1) is 21.7. The molecule has 4 aromatic rings. The Balaban J connectivity index is 1.77. The molecule has 0 amide bonds. The summed E-state index contributed by atoms with van der Waals surface area (Å²) in [5, 5.41) is 0.757. The van der Waals surface area contributed by atoms with Gasteiger partial charge in [-0.05, 0) is 55.0 Å². The SMILES string of the molecule is COc1ccc2[nH]c(=O)c(CN(Cc3cccnc3)S(=O)(=O)c3ccc(C)cc3)cc2c1. The summed E-state index contributed by atoms with van der Waals surface area (Å²) in [4.78, 5) is 19.9. The predicted molar refractivity (Wildman–Crippen MR) is 123 cm³/mol. The number of rotatable bonds is 7. The summed E-state index contributed by atoms with van der Waals surface area (Å²) in [6.45, 7) is 1.89. The van der Waals surface area contributed by atoms with E-state index >= 15 is 0 Å². The summed E-state index contributed by atoms with van der Waals surface area (Å²) in [5.74, 6) is 0.648. The van der Waals surface area contributed by atoms with Crippen LogP contribution in [0.25, 0.3) is 10.9 Å². The number of hydrogen-bond donors (Lipinski definition) is 1. The molecule has 32 heavy (non-hydrogen) atoms. The first-order valence-electron chi connectivity index (χ1n) is 10.0. The molecule has 0 unspecified atom stereocenters. The molecular weight excluding hydrogens is 426 g/mol. The van der Waals surface area contributed by atoms with Crippen LogP contribution in [-0.4, -0.2) is 29.8 Å². The standard InChI is InChI=1S/C24H23N3O4S/c1-17-5-8-22(9-6-17)32(29,30)27(15-18-4-3-11-25-14-18)16-20-12-19-13-21(31-2)7-10-23(19)26-24(20)28/h3-14H,15-16H2,1-2H3,(H,26,28). The molecule has 2 aromatic carbocycles. The van der Waals surface area contributed by atoms with E-state index in [-0.39, 0.29) is 23.5 Å². The molecule has 0 spiro atoms. The number of aryl methyl sites for hydroxylation is 1. The fourth-order valence-corrected chi connectivity index (χ4v) is 4.85. The van der Waals surface area contributed by atoms with Gasteiger partial charge < -0.3 is 9.72 Å². The summed E-state index contributed by atoms with van der Waals surface area (Å²) in [6.07, 6.45) is 3.25. The topological polar surface area (TPSA) is 92.4 Å². The zero-order valence-corrected chi connectivity index (χ0v) is 18.6. The first-order valence-corrected chi connectivity index (χ1v) is 11.5. The minimum absolute atomic E-state index is 0.0830. The van der Waals surface area contributed by atoms with Crippen LogP contribution in [0, 0.1) is 6.92 Å². The van der Waals surface area contributed by atoms with E-state index in [1.165, 1.54) is 4.31 Å². The molecule has 8 heteroatoms. The number of aromatic amines is 1. The summed E-state index contributed by atoms with van der Waals surface area (Å²) < 4.78 is 33.6. The Hall–Kier alpha value is -3.49. The lowest BCUT2D eigenvalue weighted by Gasteiger charge is -2.22. The van der Waals surface area contributed by atoms with E-state index in [0.717, 1.165) is 16.5 Å². The lowest BCUT2D eigenvalue weighted by atomic mass is 10.1. The Bertz CT molecular complexity index is 1400. The number of hydrogen-bond acceptors (Lipinski definition) is 5. The lowest BCUT2D eigenvalue weighted by molar-refractivity contribution is 0.399. The highest BCUT2D eigenvalue weighted by Gasteiger charge is 2.26. The summed E-state index contributed by atoms with van der Waals surface area (Å²) in [7, 11) is -2.30. The van der Waals surface area contributed by atoms with Crippen molar-refractivity contribution in [3.05, 3.63) is 100 Å². The predicted octanol–water partition coefficient (Wildman–Crippen LogP) is 3.63. The monoisotopic (exact) mass is 449 g/mol. The number of H-pyrrole nitrogens is 1. The van der Waals surface area contributed by atoms with Gasteiger partial charge in [-0.15, -0.1) is 0 Å². The third kappa shape index (κ3) is 4.56. The van der Waals surface area contributed by atoms with Crippen LogP contribution >= 0.6 is 0 Å². The molecule has 7 nitrogen and oxygen atoms in total. The number of nitrogens with one attached hydrogen (secondary N) is 1. The van der Waals surface area contributed by atoms with Gasteiger partial charge >= 0.3 is 0 Å². The van der Waals surface area contributed by atoms with Crippen molar-refractivity contribution in [2.24, 2.45) is 0 Å². The zero-order valence-electron chi connectivity index (χ0n) is 17.8. The van der Waals surface area contributed by atoms with Crippen LogP contribution in [0.4, 0.5) is 0 Å². The fraction of sp³-hybridized carbons (Fsp3) is 0.167. The van der Waals surface area contributed by atoms with E-state index in [2.05, 4.69) is 9.97 Å². The second-order valence-electron chi connectivity index (χ2n) is 7.52. The second-order valence-corrected chi connectivity index (χ2v) is 9.46. The first-order chi connectivity index (χ1) is 15.4. The van der Waals surface area contributed by atoms with Crippen LogP contribution in [0.3, 0.4) is 0 Å². The minimum Gasteiger partial charge on any atom is -0.497 e. The van der Waals surface area contributed by atoms with E-state index in [9.17, 15) is 13.2 Å². The molecule has 0 saturated carbocycles. The molecule has 164 valence electrons. The van der Waals surface area contributed by atoms with Crippen molar-refractivity contribution in [1.82, 2.24) is 14.3 Å². The number of ether oxygens (including phenoxy) is 1. The maximum absolute atomic E-state index is 13.5. The summed E-state index contributed by atoms with van der Waals surface area (Å²) in [6, 6.07) is 17.2. The highest BCUT2D eigenvalue weighted by molar-refractivity contribution is 7.89. The number of methoxy groups -OCH3 is 1. The Morgan fingerprint density at radius 3 is 2.50 bits per heavy atom. The molecule has 2 heterocycles. The van der Waals surface area contributed by atoms with E-state index in [1.54, 1.807) is 80.2 Å². The third-order valence-electron chi connectivity index (χ3n) is 5.22. The smallest absolute Gasteiger partial charge is 0.252 e. The maximum atomic E-state index is 13.5. The molecule has 0 radical (unpaired) electrons. The Labute approximate surface area is 186 Å². The van der Waals surface area contributed by atoms with Gasteiger partial charge in [-0.1, -0.05) is 23.8 Å². The molecule has 0 saturated heterocycles. The van der Waals surface area contributed by atoms with E-state index < -0.39 is 10.0 Å². The van der Waals surface area contributed by atoms with Crippen LogP contribution < -0.4 is 10.3 Å². The highest BCUT2D eigenvalue weighted by Crippen LogP contribution is 2.23. The van der Waals surface area contributed by atoms with Gasteiger partial charge in [0.05, 0.1) is 12.0 Å². The maximum Gasteiger partial charge on any atom is 0.252 e. The summed E-state index contributed by atoms with van der Waals surface area (Å²) >= 11 is 0. The van der Waals surface area contributed by atoms with Crippen LogP contribution in [-0.2, 0) is 23.1 Å². The van der Waals surface area contributed by atoms with Crippen LogP contribution in [0.2, 0.25) is 0 Å². The van der Waals surface area contributed by atoms with E-state index in [1.807, 2.05) is 6.92 Å². The van der Waals surface area contributed by atoms with E-state index in [4.69, 9.17) is 4.74 Å². The van der Waals surface area contributed by atoms with Crippen molar-refractivity contribution in [1.29, 1.82) is 0 Å². The molecule has 0 aliphatic heterocycles. The second kappa shape index (κ2) is 8.94. The Kier molecular flexibility index (Phi) is 6.07. The van der Waals surface area contributed by atoms with Crippen molar-refractivity contribution in [3.8, 4) is 5.75 Å². The normalized spacial score (nSPS) is 11.7. The quantitative estimate of drug-likeness (QED) is 0.465. The summed E-state index contributed by atoms with van der Waals surface area (Å²) in [5.41, 5.74) is 2.34. The largest absolute Gasteiger partial charge is 0.497 e. The van der Waals surface area contributed by atoms with Crippen LogP contribution in [0.1, 0.15) is 16.7 Å². The van der Waals surface area contributed by atoms with Gasteiger partial charge in [-0.3, -0.25) is 9.78 Å². The van der Waals surface area contributed by atoms with Crippen LogP contribution in [0.5, 0.6) is 5.75 Å². The van der Waals surface area contributed by atoms with Gasteiger partial charge in [0.2, 0.25) is 10.0 Å². The van der Waals surface area contributed by atoms with Gasteiger partial charge in [-0.2, -0.15) is 4.31 Å². The Morgan fingerprint density at radius 2 is 1.81 bits per heavy atom. The van der Waals surface area contributed by atoms with Crippen molar-refractivity contribution in [2.75, 3.05) is 7.11 Å². The molecule has 0 atom stereocenters. The minimum atomic E-state index is -3.87. The van der Waals surface area contributed by atoms with Gasteiger partial charge in [0.15, 0.2) is 0 Å². The van der Waals surface area contributed by atoms with Crippen molar-refractivity contribution in [2.45, 2.75) is 24.9 Å². The number of nitrogens with zero attached hydrogens (tertiary/aromatic N) is 2. The number of benzene rings is 2. The average molecular weight is 450 g/mol.